The lowest BCUT2D eigenvalue weighted by Gasteiger charge is -2.12. The summed E-state index contributed by atoms with van der Waals surface area (Å²) in [5.74, 6) is 1.84. The van der Waals surface area contributed by atoms with Crippen LogP contribution >= 0.6 is 0 Å². The molecule has 0 atom stereocenters. The minimum atomic E-state index is 0.751. The van der Waals surface area contributed by atoms with Gasteiger partial charge in [0.2, 0.25) is 0 Å². The normalized spacial score (nSPS) is 11.3. The highest BCUT2D eigenvalue weighted by atomic mass is 16.5. The molecule has 0 fully saturated rings. The number of benzene rings is 4. The number of aromatic nitrogens is 2. The van der Waals surface area contributed by atoms with E-state index in [1.165, 1.54) is 30.0 Å². The number of imidazole rings is 1. The van der Waals surface area contributed by atoms with Gasteiger partial charge < -0.3 is 4.74 Å². The van der Waals surface area contributed by atoms with Gasteiger partial charge in [-0.25, -0.2) is 4.98 Å². The largest absolute Gasteiger partial charge is 0.494 e. The molecule has 0 aliphatic carbocycles. The molecule has 0 radical (unpaired) electrons. The van der Waals surface area contributed by atoms with E-state index in [9.17, 15) is 0 Å². The third kappa shape index (κ3) is 4.11. The van der Waals surface area contributed by atoms with Gasteiger partial charge in [-0.05, 0) is 41.5 Å². The Labute approximate surface area is 189 Å². The van der Waals surface area contributed by atoms with Crippen molar-refractivity contribution in [3.63, 3.8) is 0 Å². The van der Waals surface area contributed by atoms with Crippen LogP contribution in [-0.4, -0.2) is 16.2 Å². The molecule has 0 N–H and O–H groups in total. The van der Waals surface area contributed by atoms with Crippen molar-refractivity contribution < 1.29 is 4.74 Å². The molecular weight excluding hydrogens is 392 g/mol. The lowest BCUT2D eigenvalue weighted by molar-refractivity contribution is 0.305. The molecule has 3 nitrogen and oxygen atoms in total. The number of rotatable bonds is 8. The van der Waals surface area contributed by atoms with Crippen molar-refractivity contribution in [2.24, 2.45) is 0 Å². The van der Waals surface area contributed by atoms with E-state index < -0.39 is 0 Å². The standard InChI is InChI=1S/C29H28N2O/c1-2-3-4-10-19-32-26-17-18-27-28(21-26)31(29(30-27)23-12-6-5-7-13-23)25-16-15-22-11-8-9-14-24(22)20-25/h5-9,11-18,20-21H,2-4,10,19H2,1H3. The SMILES string of the molecule is CCCCCCOc1ccc2nc(-c3ccccc3)n(-c3ccc4ccccc4c3)c2c1. The smallest absolute Gasteiger partial charge is 0.145 e. The van der Waals surface area contributed by atoms with Gasteiger partial charge in [-0.2, -0.15) is 0 Å². The molecule has 0 bridgehead atoms. The summed E-state index contributed by atoms with van der Waals surface area (Å²) in [6.07, 6.45) is 4.80. The van der Waals surface area contributed by atoms with E-state index in [2.05, 4.69) is 90.4 Å². The third-order valence-electron chi connectivity index (χ3n) is 5.92. The molecule has 32 heavy (non-hydrogen) atoms. The lowest BCUT2D eigenvalue weighted by atomic mass is 10.1. The number of nitrogens with zero attached hydrogens (tertiary/aromatic N) is 2. The van der Waals surface area contributed by atoms with Crippen molar-refractivity contribution in [3.8, 4) is 22.8 Å². The van der Waals surface area contributed by atoms with E-state index in [0.717, 1.165) is 46.9 Å². The zero-order valence-corrected chi connectivity index (χ0v) is 18.5. The maximum absolute atomic E-state index is 6.10. The van der Waals surface area contributed by atoms with Crippen molar-refractivity contribution in [2.45, 2.75) is 32.6 Å². The Hall–Kier alpha value is -3.59. The van der Waals surface area contributed by atoms with Crippen LogP contribution in [0.2, 0.25) is 0 Å². The van der Waals surface area contributed by atoms with Gasteiger partial charge in [-0.3, -0.25) is 4.57 Å². The first kappa shape index (κ1) is 20.3. The van der Waals surface area contributed by atoms with Crippen LogP contribution in [0.15, 0.2) is 91.0 Å². The second-order valence-corrected chi connectivity index (χ2v) is 8.23. The minimum absolute atomic E-state index is 0.751. The van der Waals surface area contributed by atoms with Gasteiger partial charge in [0, 0.05) is 17.3 Å². The molecule has 0 aliphatic rings. The summed E-state index contributed by atoms with van der Waals surface area (Å²) in [7, 11) is 0. The van der Waals surface area contributed by atoms with Crippen LogP contribution in [0.5, 0.6) is 5.75 Å². The molecule has 0 amide bonds. The molecule has 160 valence electrons. The summed E-state index contributed by atoms with van der Waals surface area (Å²) in [5.41, 5.74) is 4.23. The molecule has 5 aromatic rings. The minimum Gasteiger partial charge on any atom is -0.494 e. The molecule has 4 aromatic carbocycles. The number of hydrogen-bond acceptors (Lipinski definition) is 2. The van der Waals surface area contributed by atoms with E-state index in [1.54, 1.807) is 0 Å². The topological polar surface area (TPSA) is 27.1 Å². The van der Waals surface area contributed by atoms with Crippen molar-refractivity contribution in [3.05, 3.63) is 91.0 Å². The maximum Gasteiger partial charge on any atom is 0.145 e. The van der Waals surface area contributed by atoms with Gasteiger partial charge >= 0.3 is 0 Å². The third-order valence-corrected chi connectivity index (χ3v) is 5.92. The van der Waals surface area contributed by atoms with Crippen molar-refractivity contribution in [1.82, 2.24) is 9.55 Å². The number of ether oxygens (including phenoxy) is 1. The van der Waals surface area contributed by atoms with Gasteiger partial charge in [0.05, 0.1) is 17.6 Å². The van der Waals surface area contributed by atoms with Crippen molar-refractivity contribution in [2.75, 3.05) is 6.61 Å². The fourth-order valence-corrected chi connectivity index (χ4v) is 4.22. The second kappa shape index (κ2) is 9.27. The Balaban J connectivity index is 1.60. The second-order valence-electron chi connectivity index (χ2n) is 8.23. The van der Waals surface area contributed by atoms with E-state index in [-0.39, 0.29) is 0 Å². The van der Waals surface area contributed by atoms with E-state index in [4.69, 9.17) is 9.72 Å². The molecule has 0 spiro atoms. The van der Waals surface area contributed by atoms with Gasteiger partial charge in [0.1, 0.15) is 11.6 Å². The number of unbranched alkanes of at least 4 members (excludes halogenated alkanes) is 3. The average molecular weight is 421 g/mol. The molecule has 0 aliphatic heterocycles. The van der Waals surface area contributed by atoms with Gasteiger partial charge in [0.25, 0.3) is 0 Å². The van der Waals surface area contributed by atoms with Crippen LogP contribution in [0.25, 0.3) is 38.9 Å². The Kier molecular flexibility index (Phi) is 5.89. The monoisotopic (exact) mass is 420 g/mol. The Morgan fingerprint density at radius 1 is 0.750 bits per heavy atom. The van der Waals surface area contributed by atoms with E-state index in [1.807, 2.05) is 12.1 Å². The number of hydrogen-bond donors (Lipinski definition) is 0. The predicted molar refractivity (Wildman–Crippen MR) is 134 cm³/mol. The first-order valence-electron chi connectivity index (χ1n) is 11.5. The summed E-state index contributed by atoms with van der Waals surface area (Å²) >= 11 is 0. The first-order chi connectivity index (χ1) is 15.8. The Bertz CT molecular complexity index is 1340. The van der Waals surface area contributed by atoms with E-state index >= 15 is 0 Å². The van der Waals surface area contributed by atoms with Crippen molar-refractivity contribution >= 4 is 21.8 Å². The Morgan fingerprint density at radius 2 is 1.56 bits per heavy atom. The highest BCUT2D eigenvalue weighted by Gasteiger charge is 2.15. The highest BCUT2D eigenvalue weighted by Crippen LogP contribution is 2.32. The lowest BCUT2D eigenvalue weighted by Crippen LogP contribution is -1.99. The van der Waals surface area contributed by atoms with E-state index in [0.29, 0.717) is 0 Å². The summed E-state index contributed by atoms with van der Waals surface area (Å²) in [6.45, 7) is 2.98. The molecule has 5 rings (SSSR count). The van der Waals surface area contributed by atoms with Crippen LogP contribution in [0.1, 0.15) is 32.6 Å². The zero-order valence-electron chi connectivity index (χ0n) is 18.5. The van der Waals surface area contributed by atoms with Crippen LogP contribution < -0.4 is 4.74 Å². The average Bonchev–Trinajstić information content (AvgIpc) is 3.23. The summed E-state index contributed by atoms with van der Waals surface area (Å²) in [6, 6.07) is 31.7. The first-order valence-corrected chi connectivity index (χ1v) is 11.5. The van der Waals surface area contributed by atoms with Gasteiger partial charge in [-0.15, -0.1) is 0 Å². The molecule has 0 saturated heterocycles. The summed E-state index contributed by atoms with van der Waals surface area (Å²) in [5, 5.41) is 2.45. The van der Waals surface area contributed by atoms with Crippen LogP contribution in [0.4, 0.5) is 0 Å². The fourth-order valence-electron chi connectivity index (χ4n) is 4.22. The maximum atomic E-state index is 6.10. The fraction of sp³-hybridized carbons (Fsp3) is 0.207. The predicted octanol–water partition coefficient (Wildman–Crippen LogP) is 7.80. The van der Waals surface area contributed by atoms with Crippen molar-refractivity contribution in [1.29, 1.82) is 0 Å². The van der Waals surface area contributed by atoms with Gasteiger partial charge in [-0.1, -0.05) is 86.8 Å². The molecule has 0 saturated carbocycles. The van der Waals surface area contributed by atoms with Gasteiger partial charge in [0.15, 0.2) is 0 Å². The highest BCUT2D eigenvalue weighted by molar-refractivity contribution is 5.88. The van der Waals surface area contributed by atoms with Crippen LogP contribution in [-0.2, 0) is 0 Å². The van der Waals surface area contributed by atoms with Crippen LogP contribution in [0.3, 0.4) is 0 Å². The summed E-state index contributed by atoms with van der Waals surface area (Å²) in [4.78, 5) is 5.01. The summed E-state index contributed by atoms with van der Waals surface area (Å²) < 4.78 is 8.35. The Morgan fingerprint density at radius 3 is 2.41 bits per heavy atom. The molecular formula is C29H28N2O. The zero-order chi connectivity index (χ0) is 21.8. The molecule has 0 unspecified atom stereocenters. The molecule has 1 aromatic heterocycles. The molecule has 1 heterocycles. The molecule has 3 heteroatoms. The van der Waals surface area contributed by atoms with Crippen LogP contribution in [0, 0.1) is 0 Å². The number of fused-ring (bicyclic) bond motifs is 2. The quantitative estimate of drug-likeness (QED) is 0.239.